The number of carbonyl (C=O) groups excluding carboxylic acids is 1. The number of rotatable bonds is 3. The van der Waals surface area contributed by atoms with Crippen LogP contribution in [-0.4, -0.2) is 61.7 Å². The second kappa shape index (κ2) is 7.16. The number of hydrogen-bond acceptors (Lipinski definition) is 6. The Morgan fingerprint density at radius 3 is 2.44 bits per heavy atom. The number of hydrogen-bond donors (Lipinski definition) is 0. The van der Waals surface area contributed by atoms with E-state index in [0.717, 1.165) is 57.7 Å². The van der Waals surface area contributed by atoms with E-state index in [1.807, 2.05) is 6.07 Å². The summed E-state index contributed by atoms with van der Waals surface area (Å²) in [4.78, 5) is 29.5. The molecule has 0 atom stereocenters. The first-order valence-electron chi connectivity index (χ1n) is 9.02. The SMILES string of the molecule is O=C(C1CCN(c2cc(-n3cncn3)ncn2)CC1)N1CCCCC1. The van der Waals surface area contributed by atoms with Gasteiger partial charge in [0.15, 0.2) is 5.82 Å². The van der Waals surface area contributed by atoms with Crippen LogP contribution in [-0.2, 0) is 4.79 Å². The summed E-state index contributed by atoms with van der Waals surface area (Å²) in [5.41, 5.74) is 0. The second-order valence-electron chi connectivity index (χ2n) is 6.72. The van der Waals surface area contributed by atoms with E-state index in [2.05, 4.69) is 29.9 Å². The molecular weight excluding hydrogens is 318 g/mol. The van der Waals surface area contributed by atoms with E-state index >= 15 is 0 Å². The zero-order chi connectivity index (χ0) is 17.1. The van der Waals surface area contributed by atoms with Crippen LogP contribution in [0.3, 0.4) is 0 Å². The van der Waals surface area contributed by atoms with Gasteiger partial charge in [-0.3, -0.25) is 4.79 Å². The first-order valence-corrected chi connectivity index (χ1v) is 9.02. The van der Waals surface area contributed by atoms with Gasteiger partial charge >= 0.3 is 0 Å². The first kappa shape index (κ1) is 16.0. The molecule has 1 amide bonds. The van der Waals surface area contributed by atoms with Crippen LogP contribution in [0.15, 0.2) is 25.0 Å². The molecule has 0 bridgehead atoms. The second-order valence-corrected chi connectivity index (χ2v) is 6.72. The zero-order valence-electron chi connectivity index (χ0n) is 14.3. The highest BCUT2D eigenvalue weighted by Crippen LogP contribution is 2.25. The molecule has 2 aromatic heterocycles. The third-order valence-electron chi connectivity index (χ3n) is 5.13. The van der Waals surface area contributed by atoms with Gasteiger partial charge in [0, 0.05) is 38.2 Å². The zero-order valence-corrected chi connectivity index (χ0v) is 14.3. The fourth-order valence-corrected chi connectivity index (χ4v) is 3.69. The molecule has 2 aliphatic rings. The third-order valence-corrected chi connectivity index (χ3v) is 5.13. The van der Waals surface area contributed by atoms with Crippen molar-refractivity contribution in [2.75, 3.05) is 31.1 Å². The third kappa shape index (κ3) is 3.47. The van der Waals surface area contributed by atoms with Crippen molar-refractivity contribution >= 4 is 11.7 Å². The standard InChI is InChI=1S/C17H23N7O/c25-17(23-6-2-1-3-7-23)14-4-8-22(9-5-14)15-10-16(20-12-19-15)24-13-18-11-21-24/h10-14H,1-9H2. The summed E-state index contributed by atoms with van der Waals surface area (Å²) in [7, 11) is 0. The minimum atomic E-state index is 0.158. The van der Waals surface area contributed by atoms with Crippen LogP contribution < -0.4 is 4.90 Å². The lowest BCUT2D eigenvalue weighted by atomic mass is 9.94. The van der Waals surface area contributed by atoms with E-state index < -0.39 is 0 Å². The normalized spacial score (nSPS) is 19.2. The summed E-state index contributed by atoms with van der Waals surface area (Å²) in [5, 5.41) is 4.11. The van der Waals surface area contributed by atoms with Gasteiger partial charge in [-0.2, -0.15) is 5.10 Å². The van der Waals surface area contributed by atoms with E-state index in [-0.39, 0.29) is 5.92 Å². The van der Waals surface area contributed by atoms with Crippen LogP contribution in [0.5, 0.6) is 0 Å². The Morgan fingerprint density at radius 2 is 1.72 bits per heavy atom. The molecule has 0 spiro atoms. The lowest BCUT2D eigenvalue weighted by Crippen LogP contribution is -2.44. The van der Waals surface area contributed by atoms with Crippen molar-refractivity contribution < 1.29 is 4.79 Å². The van der Waals surface area contributed by atoms with E-state index in [1.165, 1.54) is 12.7 Å². The highest BCUT2D eigenvalue weighted by atomic mass is 16.2. The van der Waals surface area contributed by atoms with Crippen molar-refractivity contribution in [1.29, 1.82) is 0 Å². The quantitative estimate of drug-likeness (QED) is 0.837. The molecule has 2 saturated heterocycles. The van der Waals surface area contributed by atoms with Crippen LogP contribution in [0.25, 0.3) is 5.82 Å². The summed E-state index contributed by atoms with van der Waals surface area (Å²) < 4.78 is 1.62. The molecule has 0 saturated carbocycles. The van der Waals surface area contributed by atoms with Gasteiger partial charge in [0.2, 0.25) is 5.91 Å². The van der Waals surface area contributed by atoms with Gasteiger partial charge in [0.1, 0.15) is 24.8 Å². The minimum absolute atomic E-state index is 0.158. The summed E-state index contributed by atoms with van der Waals surface area (Å²) in [6.07, 6.45) is 9.99. The van der Waals surface area contributed by atoms with Crippen LogP contribution in [0, 0.1) is 5.92 Å². The molecule has 0 aliphatic carbocycles. The van der Waals surface area contributed by atoms with Gasteiger partial charge in [0.05, 0.1) is 0 Å². The molecule has 25 heavy (non-hydrogen) atoms. The Balaban J connectivity index is 1.38. The van der Waals surface area contributed by atoms with Gasteiger partial charge < -0.3 is 9.80 Å². The van der Waals surface area contributed by atoms with Crippen LogP contribution in [0.1, 0.15) is 32.1 Å². The minimum Gasteiger partial charge on any atom is -0.356 e. The summed E-state index contributed by atoms with van der Waals surface area (Å²) in [6.45, 7) is 3.56. The summed E-state index contributed by atoms with van der Waals surface area (Å²) in [5.74, 6) is 2.09. The van der Waals surface area contributed by atoms with Gasteiger partial charge in [-0.05, 0) is 32.1 Å². The smallest absolute Gasteiger partial charge is 0.225 e. The molecule has 4 rings (SSSR count). The molecule has 132 valence electrons. The van der Waals surface area contributed by atoms with Gasteiger partial charge in [-0.25, -0.2) is 19.6 Å². The molecule has 0 radical (unpaired) electrons. The predicted molar refractivity (Wildman–Crippen MR) is 92.3 cm³/mol. The highest BCUT2D eigenvalue weighted by Gasteiger charge is 2.29. The van der Waals surface area contributed by atoms with E-state index in [0.29, 0.717) is 11.7 Å². The Bertz CT molecular complexity index is 704. The Morgan fingerprint density at radius 1 is 0.960 bits per heavy atom. The van der Waals surface area contributed by atoms with Gasteiger partial charge in [-0.15, -0.1) is 0 Å². The average molecular weight is 341 g/mol. The van der Waals surface area contributed by atoms with Crippen molar-refractivity contribution in [2.45, 2.75) is 32.1 Å². The fraction of sp³-hybridized carbons (Fsp3) is 0.588. The van der Waals surface area contributed by atoms with E-state index in [9.17, 15) is 4.79 Å². The number of carbonyl (C=O) groups is 1. The molecule has 2 aromatic rings. The average Bonchev–Trinajstić information content (AvgIpc) is 3.23. The molecule has 0 N–H and O–H groups in total. The molecule has 4 heterocycles. The number of anilines is 1. The Labute approximate surface area is 146 Å². The summed E-state index contributed by atoms with van der Waals surface area (Å²) in [6, 6.07) is 1.92. The van der Waals surface area contributed by atoms with E-state index in [4.69, 9.17) is 0 Å². The Hall–Kier alpha value is -2.51. The van der Waals surface area contributed by atoms with Crippen molar-refractivity contribution in [3.63, 3.8) is 0 Å². The molecule has 0 aromatic carbocycles. The maximum Gasteiger partial charge on any atom is 0.225 e. The predicted octanol–water partition coefficient (Wildman–Crippen LogP) is 1.29. The number of aromatic nitrogens is 5. The molecule has 8 nitrogen and oxygen atoms in total. The number of nitrogens with zero attached hydrogens (tertiary/aromatic N) is 7. The number of piperidine rings is 2. The number of likely N-dealkylation sites (tertiary alicyclic amines) is 1. The van der Waals surface area contributed by atoms with Crippen LogP contribution >= 0.6 is 0 Å². The summed E-state index contributed by atoms with van der Waals surface area (Å²) >= 11 is 0. The van der Waals surface area contributed by atoms with Crippen LogP contribution in [0.2, 0.25) is 0 Å². The monoisotopic (exact) mass is 341 g/mol. The largest absolute Gasteiger partial charge is 0.356 e. The topological polar surface area (TPSA) is 80.0 Å². The lowest BCUT2D eigenvalue weighted by Gasteiger charge is -2.36. The molecule has 2 fully saturated rings. The van der Waals surface area contributed by atoms with Crippen molar-refractivity contribution in [3.05, 3.63) is 25.0 Å². The molecule has 2 aliphatic heterocycles. The van der Waals surface area contributed by atoms with Gasteiger partial charge in [-0.1, -0.05) is 0 Å². The van der Waals surface area contributed by atoms with Crippen LogP contribution in [0.4, 0.5) is 5.82 Å². The first-order chi connectivity index (χ1) is 12.3. The molecule has 0 unspecified atom stereocenters. The maximum atomic E-state index is 12.7. The Kier molecular flexibility index (Phi) is 4.58. The molecule has 8 heteroatoms. The maximum absolute atomic E-state index is 12.7. The highest BCUT2D eigenvalue weighted by molar-refractivity contribution is 5.79. The van der Waals surface area contributed by atoms with Crippen molar-refractivity contribution in [1.82, 2.24) is 29.6 Å². The van der Waals surface area contributed by atoms with Crippen molar-refractivity contribution in [3.8, 4) is 5.82 Å². The fourth-order valence-electron chi connectivity index (χ4n) is 3.69. The number of amides is 1. The van der Waals surface area contributed by atoms with E-state index in [1.54, 1.807) is 17.3 Å². The lowest BCUT2D eigenvalue weighted by molar-refractivity contribution is -0.137. The molecular formula is C17H23N7O. The van der Waals surface area contributed by atoms with Gasteiger partial charge in [0.25, 0.3) is 0 Å². The van der Waals surface area contributed by atoms with Crippen molar-refractivity contribution in [2.24, 2.45) is 5.92 Å².